The fourth-order valence-electron chi connectivity index (χ4n) is 4.35. The van der Waals surface area contributed by atoms with Crippen molar-refractivity contribution in [1.29, 1.82) is 0 Å². The molecule has 8 nitrogen and oxygen atoms in total. The molecular weight excluding hydrogens is 418 g/mol. The highest BCUT2D eigenvalue weighted by Crippen LogP contribution is 2.43. The third kappa shape index (κ3) is 4.37. The number of carbonyl (C=O) groups excluding carboxylic acids is 3. The zero-order valence-electron chi connectivity index (χ0n) is 18.0. The molecule has 1 N–H and O–H groups in total. The fourth-order valence-corrected chi connectivity index (χ4v) is 5.01. The second-order valence-corrected chi connectivity index (χ2v) is 10.3. The molecule has 2 aromatic heterocycles. The molecule has 1 saturated heterocycles. The normalized spacial score (nSPS) is 24.0. The number of thiophene rings is 1. The van der Waals surface area contributed by atoms with Crippen LogP contribution >= 0.6 is 11.3 Å². The lowest BCUT2D eigenvalue weighted by Gasteiger charge is -2.40. The Morgan fingerprint density at radius 1 is 1.35 bits per heavy atom. The number of carbonyl (C=O) groups is 3. The summed E-state index contributed by atoms with van der Waals surface area (Å²) in [5.41, 5.74) is -0.256. The van der Waals surface area contributed by atoms with Gasteiger partial charge in [0.15, 0.2) is 0 Å². The van der Waals surface area contributed by atoms with Crippen molar-refractivity contribution in [2.45, 2.75) is 58.6 Å². The third-order valence-electron chi connectivity index (χ3n) is 6.26. The predicted octanol–water partition coefficient (Wildman–Crippen LogP) is 3.97. The highest BCUT2D eigenvalue weighted by atomic mass is 32.1. The number of imide groups is 1. The first-order valence-corrected chi connectivity index (χ1v) is 11.3. The Bertz CT molecular complexity index is 968. The zero-order chi connectivity index (χ0) is 22.2. The van der Waals surface area contributed by atoms with Gasteiger partial charge in [0, 0.05) is 0 Å². The van der Waals surface area contributed by atoms with Crippen LogP contribution in [0.3, 0.4) is 0 Å². The lowest BCUT2D eigenvalue weighted by Crippen LogP contribution is -2.50. The van der Waals surface area contributed by atoms with E-state index in [1.165, 1.54) is 17.6 Å². The van der Waals surface area contributed by atoms with E-state index in [0.717, 1.165) is 22.6 Å². The predicted molar refractivity (Wildman–Crippen MR) is 114 cm³/mol. The number of urea groups is 1. The number of amides is 3. The zero-order valence-corrected chi connectivity index (χ0v) is 18.8. The average molecular weight is 446 g/mol. The lowest BCUT2D eigenvalue weighted by atomic mass is 9.67. The molecule has 2 aromatic rings. The molecule has 1 saturated carbocycles. The molecule has 0 aromatic carbocycles. The molecule has 2 aliphatic rings. The van der Waals surface area contributed by atoms with Crippen LogP contribution in [0.4, 0.5) is 4.79 Å². The minimum absolute atomic E-state index is 0.0875. The van der Waals surface area contributed by atoms with E-state index in [2.05, 4.69) is 31.1 Å². The van der Waals surface area contributed by atoms with Crippen LogP contribution in [0.5, 0.6) is 0 Å². The molecule has 0 bridgehead atoms. The molecule has 1 aliphatic carbocycles. The van der Waals surface area contributed by atoms with E-state index in [1.54, 1.807) is 0 Å². The van der Waals surface area contributed by atoms with Crippen LogP contribution in [0.1, 0.15) is 52.1 Å². The Morgan fingerprint density at radius 3 is 2.74 bits per heavy atom. The Hall–Kier alpha value is -2.68. The molecule has 0 atom stereocenters. The van der Waals surface area contributed by atoms with E-state index in [1.807, 2.05) is 17.5 Å². The maximum Gasteiger partial charge on any atom is 0.326 e. The first-order valence-electron chi connectivity index (χ1n) is 10.5. The van der Waals surface area contributed by atoms with Gasteiger partial charge in [-0.25, -0.2) is 9.78 Å². The highest BCUT2D eigenvalue weighted by Gasteiger charge is 2.53. The van der Waals surface area contributed by atoms with Gasteiger partial charge >= 0.3 is 12.0 Å². The SMILES string of the molecule is CC(C)(C)C1CCC2(CC1)NC(=O)N(CC(=O)OCc1coc(-c3cccs3)n1)C2=O. The fraction of sp³-hybridized carbons (Fsp3) is 0.545. The van der Waals surface area contributed by atoms with Gasteiger partial charge < -0.3 is 14.5 Å². The molecular formula is C22H27N3O5S. The quantitative estimate of drug-likeness (QED) is 0.552. The van der Waals surface area contributed by atoms with Crippen LogP contribution < -0.4 is 5.32 Å². The standard InChI is InChI=1S/C22H27N3O5S/c1-21(2,3)14-6-8-22(9-7-14)19(27)25(20(28)24-22)11-17(26)29-12-15-13-30-18(23-15)16-5-4-10-31-16/h4-5,10,13-14H,6-9,11-12H2,1-3H3,(H,24,28). The van der Waals surface area contributed by atoms with E-state index < -0.39 is 24.1 Å². The monoisotopic (exact) mass is 445 g/mol. The largest absolute Gasteiger partial charge is 0.458 e. The highest BCUT2D eigenvalue weighted by molar-refractivity contribution is 7.13. The summed E-state index contributed by atoms with van der Waals surface area (Å²) in [5.74, 6) is -0.0286. The Morgan fingerprint density at radius 2 is 2.10 bits per heavy atom. The van der Waals surface area contributed by atoms with Crippen LogP contribution in [-0.4, -0.2) is 39.9 Å². The molecule has 3 heterocycles. The summed E-state index contributed by atoms with van der Waals surface area (Å²) in [6, 6.07) is 3.25. The topological polar surface area (TPSA) is 102 Å². The summed E-state index contributed by atoms with van der Waals surface area (Å²) in [5, 5.41) is 4.76. The van der Waals surface area contributed by atoms with Crippen LogP contribution in [0.15, 0.2) is 28.2 Å². The van der Waals surface area contributed by atoms with Crippen LogP contribution in [0.2, 0.25) is 0 Å². The number of nitrogens with one attached hydrogen (secondary N) is 1. The van der Waals surface area contributed by atoms with Crippen molar-refractivity contribution in [2.24, 2.45) is 11.3 Å². The van der Waals surface area contributed by atoms with Crippen molar-refractivity contribution < 1.29 is 23.5 Å². The molecule has 0 unspecified atom stereocenters. The molecule has 31 heavy (non-hydrogen) atoms. The van der Waals surface area contributed by atoms with E-state index >= 15 is 0 Å². The van der Waals surface area contributed by atoms with E-state index in [9.17, 15) is 14.4 Å². The summed E-state index contributed by atoms with van der Waals surface area (Å²) in [7, 11) is 0. The van der Waals surface area contributed by atoms with Gasteiger partial charge in [0.25, 0.3) is 5.91 Å². The van der Waals surface area contributed by atoms with Gasteiger partial charge in [-0.05, 0) is 48.5 Å². The van der Waals surface area contributed by atoms with Gasteiger partial charge in [-0.2, -0.15) is 0 Å². The van der Waals surface area contributed by atoms with Gasteiger partial charge in [0.1, 0.15) is 30.6 Å². The average Bonchev–Trinajstić information content (AvgIpc) is 3.44. The van der Waals surface area contributed by atoms with E-state index in [4.69, 9.17) is 9.15 Å². The number of nitrogens with zero attached hydrogens (tertiary/aromatic N) is 2. The van der Waals surface area contributed by atoms with E-state index in [-0.39, 0.29) is 17.9 Å². The second kappa shape index (κ2) is 8.11. The van der Waals surface area contributed by atoms with Crippen molar-refractivity contribution >= 4 is 29.2 Å². The smallest absolute Gasteiger partial charge is 0.326 e. The van der Waals surface area contributed by atoms with Crippen molar-refractivity contribution in [3.63, 3.8) is 0 Å². The van der Waals surface area contributed by atoms with Crippen molar-refractivity contribution in [3.8, 4) is 10.8 Å². The van der Waals surface area contributed by atoms with Crippen molar-refractivity contribution in [1.82, 2.24) is 15.2 Å². The molecule has 4 rings (SSSR count). The number of hydrogen-bond donors (Lipinski definition) is 1. The molecule has 166 valence electrons. The number of oxazole rings is 1. The summed E-state index contributed by atoms with van der Waals surface area (Å²) in [6.45, 7) is 6.10. The maximum atomic E-state index is 13.0. The van der Waals surface area contributed by atoms with Gasteiger partial charge in [-0.3, -0.25) is 14.5 Å². The maximum absolute atomic E-state index is 13.0. The number of aromatic nitrogens is 1. The number of hydrogen-bond acceptors (Lipinski definition) is 7. The second-order valence-electron chi connectivity index (χ2n) is 9.33. The van der Waals surface area contributed by atoms with Crippen molar-refractivity contribution in [3.05, 3.63) is 29.5 Å². The molecule has 2 fully saturated rings. The molecule has 1 spiro atoms. The Balaban J connectivity index is 1.31. The molecule has 9 heteroatoms. The van der Waals surface area contributed by atoms with Crippen LogP contribution in [0, 0.1) is 11.3 Å². The van der Waals surface area contributed by atoms with Gasteiger partial charge in [-0.1, -0.05) is 26.8 Å². The Kier molecular flexibility index (Phi) is 5.63. The summed E-state index contributed by atoms with van der Waals surface area (Å²) >= 11 is 1.49. The van der Waals surface area contributed by atoms with Gasteiger partial charge in [0.2, 0.25) is 5.89 Å². The first kappa shape index (κ1) is 21.5. The minimum Gasteiger partial charge on any atom is -0.458 e. The minimum atomic E-state index is -0.888. The molecule has 0 radical (unpaired) electrons. The summed E-state index contributed by atoms with van der Waals surface area (Å²) < 4.78 is 10.6. The third-order valence-corrected chi connectivity index (χ3v) is 7.12. The van der Waals surface area contributed by atoms with Gasteiger partial charge in [-0.15, -0.1) is 11.3 Å². The number of esters is 1. The van der Waals surface area contributed by atoms with Crippen LogP contribution in [-0.2, 0) is 20.9 Å². The summed E-state index contributed by atoms with van der Waals surface area (Å²) in [6.07, 6.45) is 4.35. The first-order chi connectivity index (χ1) is 14.7. The summed E-state index contributed by atoms with van der Waals surface area (Å²) in [4.78, 5) is 43.9. The number of ether oxygens (including phenoxy) is 1. The molecule has 1 aliphatic heterocycles. The lowest BCUT2D eigenvalue weighted by molar-refractivity contribution is -0.149. The van der Waals surface area contributed by atoms with Crippen LogP contribution in [0.25, 0.3) is 10.8 Å². The molecule has 3 amide bonds. The Labute approximate surface area is 185 Å². The van der Waals surface area contributed by atoms with Crippen molar-refractivity contribution in [2.75, 3.05) is 6.54 Å². The number of rotatable bonds is 5. The van der Waals surface area contributed by atoms with E-state index in [0.29, 0.717) is 30.3 Å². The van der Waals surface area contributed by atoms with Gasteiger partial charge in [0.05, 0.1) is 4.88 Å².